The second-order valence-corrected chi connectivity index (χ2v) is 13.5. The predicted octanol–water partition coefficient (Wildman–Crippen LogP) is 3.08. The van der Waals surface area contributed by atoms with Crippen molar-refractivity contribution in [3.8, 4) is 0 Å². The first kappa shape index (κ1) is 23.6. The highest BCUT2D eigenvalue weighted by molar-refractivity contribution is 6.74. The van der Waals surface area contributed by atoms with Gasteiger partial charge in [-0.2, -0.15) is 0 Å². The first-order valence-corrected chi connectivity index (χ1v) is 12.5. The highest BCUT2D eigenvalue weighted by Crippen LogP contribution is 2.36. The summed E-state index contributed by atoms with van der Waals surface area (Å²) in [6.45, 7) is 14.9. The van der Waals surface area contributed by atoms with Crippen LogP contribution in [-0.4, -0.2) is 50.0 Å². The van der Waals surface area contributed by atoms with Crippen LogP contribution in [0.2, 0.25) is 18.1 Å². The van der Waals surface area contributed by atoms with E-state index in [1.165, 1.54) is 6.92 Å². The monoisotopic (exact) mass is 396 g/mol. The van der Waals surface area contributed by atoms with Crippen molar-refractivity contribution in [3.63, 3.8) is 0 Å². The first-order valence-electron chi connectivity index (χ1n) is 9.58. The topological polar surface area (TPSA) is 87.7 Å². The molecule has 1 aliphatic heterocycles. The molecule has 0 spiro atoms. The van der Waals surface area contributed by atoms with Crippen molar-refractivity contribution in [1.29, 1.82) is 0 Å². The summed E-state index contributed by atoms with van der Waals surface area (Å²) in [6, 6.07) is -1.07. The van der Waals surface area contributed by atoms with E-state index >= 15 is 0 Å². The van der Waals surface area contributed by atoms with Crippen LogP contribution in [-0.2, 0) is 14.0 Å². The van der Waals surface area contributed by atoms with Gasteiger partial charge in [0.15, 0.2) is 8.32 Å². The van der Waals surface area contributed by atoms with Gasteiger partial charge < -0.3 is 14.8 Å². The van der Waals surface area contributed by atoms with Crippen molar-refractivity contribution in [2.45, 2.75) is 77.3 Å². The number of aliphatic carboxylic acids is 1. The number of carbonyl (C=O) groups is 2. The average Bonchev–Trinajstić information content (AvgIpc) is 2.93. The second kappa shape index (κ2) is 9.66. The molecule has 154 valence electrons. The number of hydrogen-bond acceptors (Lipinski definition) is 4. The smallest absolute Gasteiger partial charge is 0.320 e. The Morgan fingerprint density at radius 3 is 2.48 bits per heavy atom. The predicted molar refractivity (Wildman–Crippen MR) is 111 cm³/mol. The van der Waals surface area contributed by atoms with Crippen molar-refractivity contribution >= 4 is 20.2 Å². The first-order chi connectivity index (χ1) is 12.4. The molecule has 0 bridgehead atoms. The number of carbonyl (C=O) groups excluding carboxylic acids is 1. The van der Waals surface area contributed by atoms with Crippen molar-refractivity contribution < 1.29 is 19.1 Å². The van der Waals surface area contributed by atoms with E-state index < -0.39 is 20.3 Å². The molecule has 1 fully saturated rings. The summed E-state index contributed by atoms with van der Waals surface area (Å²) >= 11 is 0. The molecular formula is C20H36N2O4Si. The van der Waals surface area contributed by atoms with Crippen LogP contribution in [0.1, 0.15) is 41.0 Å². The van der Waals surface area contributed by atoms with E-state index in [0.717, 1.165) is 0 Å². The fourth-order valence-corrected chi connectivity index (χ4v) is 3.94. The van der Waals surface area contributed by atoms with Gasteiger partial charge in [-0.1, -0.05) is 45.1 Å². The summed E-state index contributed by atoms with van der Waals surface area (Å²) in [5.41, 5.74) is 0. The lowest BCUT2D eigenvalue weighted by molar-refractivity contribution is -0.139. The molecule has 7 heteroatoms. The zero-order valence-corrected chi connectivity index (χ0v) is 18.7. The van der Waals surface area contributed by atoms with Crippen molar-refractivity contribution in [1.82, 2.24) is 10.6 Å². The third-order valence-corrected chi connectivity index (χ3v) is 10.0. The zero-order chi connectivity index (χ0) is 20.8. The molecule has 0 aromatic rings. The van der Waals surface area contributed by atoms with Gasteiger partial charge >= 0.3 is 5.97 Å². The summed E-state index contributed by atoms with van der Waals surface area (Å²) in [6.07, 6.45) is 8.30. The Kier molecular flexibility index (Phi) is 8.44. The van der Waals surface area contributed by atoms with Gasteiger partial charge in [0.05, 0.1) is 12.6 Å². The lowest BCUT2D eigenvalue weighted by Crippen LogP contribution is -2.50. The molecule has 4 atom stereocenters. The Morgan fingerprint density at radius 1 is 1.37 bits per heavy atom. The van der Waals surface area contributed by atoms with Crippen LogP contribution in [0.4, 0.5) is 0 Å². The summed E-state index contributed by atoms with van der Waals surface area (Å²) in [5.74, 6) is -0.965. The SMILES string of the molecule is C/C=C\[C@@H]1C[C@H](C(=O)O)NC1[C@H](/C=C\CO[Si](C)(C)C(C)(C)C)NC(C)=O. The van der Waals surface area contributed by atoms with Gasteiger partial charge in [0, 0.05) is 13.0 Å². The van der Waals surface area contributed by atoms with E-state index in [9.17, 15) is 14.7 Å². The fourth-order valence-electron chi connectivity index (χ4n) is 3.00. The van der Waals surface area contributed by atoms with Crippen molar-refractivity contribution in [2.75, 3.05) is 6.61 Å². The minimum absolute atomic E-state index is 0.0407. The maximum atomic E-state index is 11.7. The summed E-state index contributed by atoms with van der Waals surface area (Å²) in [4.78, 5) is 23.1. The van der Waals surface area contributed by atoms with Crippen LogP contribution in [0, 0.1) is 5.92 Å². The van der Waals surface area contributed by atoms with Crippen molar-refractivity contribution in [3.05, 3.63) is 24.3 Å². The quantitative estimate of drug-likeness (QED) is 0.433. The second-order valence-electron chi connectivity index (χ2n) is 8.73. The molecule has 1 rings (SSSR count). The molecule has 1 aliphatic rings. The summed E-state index contributed by atoms with van der Waals surface area (Å²) in [5, 5.41) is 15.6. The molecule has 1 heterocycles. The zero-order valence-electron chi connectivity index (χ0n) is 17.7. The normalized spacial score (nSPS) is 25.2. The Bertz CT molecular complexity index is 581. The molecule has 27 heavy (non-hydrogen) atoms. The van der Waals surface area contributed by atoms with Crippen LogP contribution < -0.4 is 10.6 Å². The van der Waals surface area contributed by atoms with Gasteiger partial charge in [0.1, 0.15) is 6.04 Å². The molecule has 1 saturated heterocycles. The van der Waals surface area contributed by atoms with Gasteiger partial charge in [0.2, 0.25) is 5.91 Å². The molecule has 0 radical (unpaired) electrons. The van der Waals surface area contributed by atoms with Gasteiger partial charge in [0.25, 0.3) is 0 Å². The van der Waals surface area contributed by atoms with Gasteiger partial charge in [-0.25, -0.2) is 0 Å². The molecular weight excluding hydrogens is 360 g/mol. The van der Waals surface area contributed by atoms with Crippen molar-refractivity contribution in [2.24, 2.45) is 5.92 Å². The Morgan fingerprint density at radius 2 is 2.00 bits per heavy atom. The molecule has 3 N–H and O–H groups in total. The van der Waals surface area contributed by atoms with Gasteiger partial charge in [-0.3, -0.25) is 14.9 Å². The minimum Gasteiger partial charge on any atom is -0.480 e. The summed E-state index contributed by atoms with van der Waals surface area (Å²) in [7, 11) is -1.84. The minimum atomic E-state index is -1.84. The van der Waals surface area contributed by atoms with Gasteiger partial charge in [-0.15, -0.1) is 0 Å². The number of carboxylic acid groups (broad SMARTS) is 1. The lowest BCUT2D eigenvalue weighted by Gasteiger charge is -2.35. The fraction of sp³-hybridized carbons (Fsp3) is 0.700. The number of carboxylic acids is 1. The highest BCUT2D eigenvalue weighted by Gasteiger charge is 2.40. The molecule has 0 aromatic carbocycles. The van der Waals surface area contributed by atoms with E-state index in [1.54, 1.807) is 0 Å². The Hall–Kier alpha value is -1.44. The van der Waals surface area contributed by atoms with Crippen LogP contribution in [0.25, 0.3) is 0 Å². The van der Waals surface area contributed by atoms with E-state index in [4.69, 9.17) is 4.43 Å². The van der Waals surface area contributed by atoms with E-state index in [2.05, 4.69) is 44.5 Å². The van der Waals surface area contributed by atoms with E-state index in [-0.39, 0.29) is 28.9 Å². The van der Waals surface area contributed by atoms with E-state index in [1.807, 2.05) is 31.2 Å². The molecule has 0 saturated carbocycles. The van der Waals surface area contributed by atoms with Gasteiger partial charge in [-0.05, 0) is 37.4 Å². The number of amides is 1. The molecule has 1 unspecified atom stereocenters. The number of allylic oxidation sites excluding steroid dienone is 1. The summed E-state index contributed by atoms with van der Waals surface area (Å²) < 4.78 is 6.16. The Balaban J connectivity index is 2.88. The number of hydrogen-bond donors (Lipinski definition) is 3. The van der Waals surface area contributed by atoms with E-state index in [0.29, 0.717) is 13.0 Å². The standard InChI is InChI=1S/C20H36N2O4Si/c1-8-10-15-13-17(19(24)25)22-18(15)16(21-14(2)23)11-9-12-26-27(6,7)20(3,4)5/h8-11,15-18,22H,12-13H2,1-7H3,(H,21,23)(H,24,25)/b10-8-,11-9-/t15-,16+,17-,18?/m1/s1. The molecule has 6 nitrogen and oxygen atoms in total. The maximum absolute atomic E-state index is 11.7. The lowest BCUT2D eigenvalue weighted by atomic mass is 9.92. The number of rotatable bonds is 8. The maximum Gasteiger partial charge on any atom is 0.320 e. The molecule has 1 amide bonds. The molecule has 0 aliphatic carbocycles. The average molecular weight is 397 g/mol. The van der Waals surface area contributed by atoms with Crippen LogP contribution in [0.15, 0.2) is 24.3 Å². The Labute approximate surface area is 164 Å². The van der Waals surface area contributed by atoms with Crippen LogP contribution in [0.5, 0.6) is 0 Å². The molecule has 0 aromatic heterocycles. The van der Waals surface area contributed by atoms with Crippen LogP contribution in [0.3, 0.4) is 0 Å². The third kappa shape index (κ3) is 6.90. The van der Waals surface area contributed by atoms with Crippen LogP contribution >= 0.6 is 0 Å². The highest BCUT2D eigenvalue weighted by atomic mass is 28.4. The third-order valence-electron chi connectivity index (χ3n) is 5.55. The number of nitrogens with one attached hydrogen (secondary N) is 2. The largest absolute Gasteiger partial charge is 0.480 e.